The first-order valence-corrected chi connectivity index (χ1v) is 5.01. The van der Waals surface area contributed by atoms with Gasteiger partial charge in [0.2, 0.25) is 0 Å². The number of rotatable bonds is 3. The monoisotopic (exact) mass is 235 g/mol. The second kappa shape index (κ2) is 4.64. The van der Waals surface area contributed by atoms with E-state index in [1.165, 1.54) is 6.92 Å². The van der Waals surface area contributed by atoms with Crippen LogP contribution in [0.2, 0.25) is 0 Å². The maximum Gasteiger partial charge on any atom is 0.364 e. The van der Waals surface area contributed by atoms with Crippen molar-refractivity contribution in [3.63, 3.8) is 0 Å². The fourth-order valence-electron chi connectivity index (χ4n) is 1.72. The maximum absolute atomic E-state index is 10.8. The number of ether oxygens (including phenoxy) is 1. The first-order valence-electron chi connectivity index (χ1n) is 5.01. The Morgan fingerprint density at radius 1 is 1.69 bits per heavy atom. The molecule has 7 nitrogen and oxygen atoms in total. The van der Waals surface area contributed by atoms with Crippen LogP contribution in [0.5, 0.6) is 0 Å². The molecule has 5 atom stereocenters. The van der Waals surface area contributed by atoms with Gasteiger partial charge in [-0.3, -0.25) is 0 Å². The van der Waals surface area contributed by atoms with Crippen molar-refractivity contribution in [2.24, 2.45) is 5.73 Å². The zero-order chi connectivity index (χ0) is 12.5. The van der Waals surface area contributed by atoms with Gasteiger partial charge in [-0.1, -0.05) is 0 Å². The Kier molecular flexibility index (Phi) is 3.87. The van der Waals surface area contributed by atoms with Crippen molar-refractivity contribution in [2.75, 3.05) is 0 Å². The van der Waals surface area contributed by atoms with E-state index in [2.05, 4.69) is 0 Å². The van der Waals surface area contributed by atoms with E-state index in [9.17, 15) is 20.1 Å². The van der Waals surface area contributed by atoms with Crippen LogP contribution in [0.4, 0.5) is 0 Å². The maximum atomic E-state index is 10.8. The lowest BCUT2D eigenvalue weighted by Crippen LogP contribution is -2.61. The van der Waals surface area contributed by atoms with Crippen LogP contribution < -0.4 is 5.73 Å². The van der Waals surface area contributed by atoms with Gasteiger partial charge >= 0.3 is 5.97 Å². The van der Waals surface area contributed by atoms with E-state index in [-0.39, 0.29) is 6.42 Å². The second-order valence-corrected chi connectivity index (χ2v) is 4.18. The SMILES string of the molecule is C[C@H](O)CC1OC(O)(C(=O)O)CC(O)[C@H]1N. The van der Waals surface area contributed by atoms with E-state index < -0.39 is 42.5 Å². The Hall–Kier alpha value is -0.730. The van der Waals surface area contributed by atoms with E-state index in [0.29, 0.717) is 0 Å². The lowest BCUT2D eigenvalue weighted by atomic mass is 9.91. The van der Waals surface area contributed by atoms with Crippen molar-refractivity contribution < 1.29 is 30.0 Å². The molecule has 0 radical (unpaired) electrons. The summed E-state index contributed by atoms with van der Waals surface area (Å²) in [5, 5.41) is 37.1. The molecule has 0 aromatic rings. The molecule has 94 valence electrons. The summed E-state index contributed by atoms with van der Waals surface area (Å²) >= 11 is 0. The first kappa shape index (κ1) is 13.3. The fourth-order valence-corrected chi connectivity index (χ4v) is 1.72. The summed E-state index contributed by atoms with van der Waals surface area (Å²) in [7, 11) is 0. The Labute approximate surface area is 92.4 Å². The minimum absolute atomic E-state index is 0.0494. The zero-order valence-electron chi connectivity index (χ0n) is 8.91. The minimum Gasteiger partial charge on any atom is -0.477 e. The molecule has 0 bridgehead atoms. The molecule has 0 aromatic carbocycles. The molecule has 1 rings (SSSR count). The summed E-state index contributed by atoms with van der Waals surface area (Å²) in [5.41, 5.74) is 5.60. The molecule has 1 aliphatic heterocycles. The van der Waals surface area contributed by atoms with E-state index in [1.54, 1.807) is 0 Å². The predicted molar refractivity (Wildman–Crippen MR) is 52.4 cm³/mol. The molecule has 3 unspecified atom stereocenters. The number of aliphatic hydroxyl groups is 3. The number of nitrogens with two attached hydrogens (primary N) is 1. The van der Waals surface area contributed by atoms with Crippen LogP contribution in [-0.2, 0) is 9.53 Å². The molecule has 7 heteroatoms. The smallest absolute Gasteiger partial charge is 0.364 e. The Morgan fingerprint density at radius 3 is 2.69 bits per heavy atom. The predicted octanol–water partition coefficient (Wildman–Crippen LogP) is -1.99. The van der Waals surface area contributed by atoms with Gasteiger partial charge in [0.15, 0.2) is 0 Å². The van der Waals surface area contributed by atoms with Gasteiger partial charge in [-0.25, -0.2) is 4.79 Å². The largest absolute Gasteiger partial charge is 0.477 e. The van der Waals surface area contributed by atoms with Crippen LogP contribution in [0.1, 0.15) is 19.8 Å². The molecule has 6 N–H and O–H groups in total. The van der Waals surface area contributed by atoms with Crippen LogP contribution >= 0.6 is 0 Å². The average Bonchev–Trinajstić information content (AvgIpc) is 2.12. The van der Waals surface area contributed by atoms with Crippen LogP contribution in [0, 0.1) is 0 Å². The molecule has 0 saturated carbocycles. The summed E-state index contributed by atoms with van der Waals surface area (Å²) in [6, 6.07) is -0.825. The van der Waals surface area contributed by atoms with Gasteiger partial charge in [0.1, 0.15) is 0 Å². The van der Waals surface area contributed by atoms with Crippen LogP contribution in [0.15, 0.2) is 0 Å². The van der Waals surface area contributed by atoms with Crippen molar-refractivity contribution in [1.29, 1.82) is 0 Å². The Balaban J connectivity index is 2.80. The van der Waals surface area contributed by atoms with Gasteiger partial charge in [-0.05, 0) is 6.92 Å². The highest BCUT2D eigenvalue weighted by Crippen LogP contribution is 2.28. The number of aliphatic carboxylic acids is 1. The molecular formula is C9H17NO6. The lowest BCUT2D eigenvalue weighted by Gasteiger charge is -2.41. The molecule has 1 aliphatic rings. The van der Waals surface area contributed by atoms with Crippen LogP contribution in [0.3, 0.4) is 0 Å². The van der Waals surface area contributed by atoms with Crippen LogP contribution in [0.25, 0.3) is 0 Å². The normalized spacial score (nSPS) is 41.7. The third-order valence-corrected chi connectivity index (χ3v) is 2.61. The van der Waals surface area contributed by atoms with Gasteiger partial charge in [-0.15, -0.1) is 0 Å². The molecule has 0 aliphatic carbocycles. The van der Waals surface area contributed by atoms with E-state index in [0.717, 1.165) is 0 Å². The van der Waals surface area contributed by atoms with Crippen molar-refractivity contribution in [2.45, 2.75) is 49.9 Å². The molecule has 0 amide bonds. The molecule has 1 saturated heterocycles. The third kappa shape index (κ3) is 2.69. The van der Waals surface area contributed by atoms with E-state index in [1.807, 2.05) is 0 Å². The summed E-state index contributed by atoms with van der Waals surface area (Å²) < 4.78 is 4.94. The standard InChI is InChI=1S/C9H17NO6/c1-4(11)2-6-7(10)5(12)3-9(15,16-6)8(13)14/h4-7,11-12,15H,2-3,10H2,1H3,(H,13,14)/t4-,5?,6?,7+,9?/m0/s1. The lowest BCUT2D eigenvalue weighted by molar-refractivity contribution is -0.277. The zero-order valence-corrected chi connectivity index (χ0v) is 8.91. The highest BCUT2D eigenvalue weighted by atomic mass is 16.7. The van der Waals surface area contributed by atoms with Crippen molar-refractivity contribution in [3.05, 3.63) is 0 Å². The molecule has 1 fully saturated rings. The molecule has 0 spiro atoms. The van der Waals surface area contributed by atoms with Crippen molar-refractivity contribution in [1.82, 2.24) is 0 Å². The molecule has 16 heavy (non-hydrogen) atoms. The Morgan fingerprint density at radius 2 is 2.25 bits per heavy atom. The quantitative estimate of drug-likeness (QED) is 0.382. The van der Waals surface area contributed by atoms with Gasteiger partial charge in [0.25, 0.3) is 5.79 Å². The highest BCUT2D eigenvalue weighted by Gasteiger charge is 2.49. The van der Waals surface area contributed by atoms with E-state index >= 15 is 0 Å². The van der Waals surface area contributed by atoms with Crippen molar-refractivity contribution in [3.8, 4) is 0 Å². The van der Waals surface area contributed by atoms with Gasteiger partial charge in [-0.2, -0.15) is 0 Å². The van der Waals surface area contributed by atoms with Gasteiger partial charge in [0.05, 0.1) is 24.4 Å². The minimum atomic E-state index is -2.44. The number of carboxylic acid groups (broad SMARTS) is 1. The summed E-state index contributed by atoms with van der Waals surface area (Å²) in [6.45, 7) is 1.48. The van der Waals surface area contributed by atoms with Gasteiger partial charge < -0.3 is 30.9 Å². The number of carbonyl (C=O) groups is 1. The number of aliphatic hydroxyl groups excluding tert-OH is 2. The van der Waals surface area contributed by atoms with Crippen LogP contribution in [-0.4, -0.2) is 56.5 Å². The fraction of sp³-hybridized carbons (Fsp3) is 0.889. The Bertz CT molecular complexity index is 271. The first-order chi connectivity index (χ1) is 7.26. The summed E-state index contributed by atoms with van der Waals surface area (Å²) in [4.78, 5) is 10.8. The number of carboxylic acids is 1. The molecular weight excluding hydrogens is 218 g/mol. The highest BCUT2D eigenvalue weighted by molar-refractivity contribution is 5.75. The third-order valence-electron chi connectivity index (χ3n) is 2.61. The summed E-state index contributed by atoms with van der Waals surface area (Å²) in [6.07, 6.45) is -3.28. The van der Waals surface area contributed by atoms with E-state index in [4.69, 9.17) is 15.6 Å². The number of hydrogen-bond acceptors (Lipinski definition) is 6. The van der Waals surface area contributed by atoms with Gasteiger partial charge in [0, 0.05) is 12.8 Å². The average molecular weight is 235 g/mol. The summed E-state index contributed by atoms with van der Waals surface area (Å²) in [5.74, 6) is -4.01. The molecule has 1 heterocycles. The van der Waals surface area contributed by atoms with Crippen molar-refractivity contribution >= 4 is 5.97 Å². The topological polar surface area (TPSA) is 133 Å². The molecule has 0 aromatic heterocycles. The second-order valence-electron chi connectivity index (χ2n) is 4.18. The number of hydrogen-bond donors (Lipinski definition) is 5.